The molecule has 2 aliphatic rings. The van der Waals surface area contributed by atoms with Crippen molar-refractivity contribution in [3.8, 4) is 5.75 Å². The molecule has 116 valence electrons. The number of methoxy groups -OCH3 is 1. The Morgan fingerprint density at radius 2 is 2.05 bits per heavy atom. The van der Waals surface area contributed by atoms with Gasteiger partial charge in [0.15, 0.2) is 5.78 Å². The van der Waals surface area contributed by atoms with Crippen LogP contribution in [0, 0.1) is 6.92 Å². The number of carbonyl (C=O) groups excluding carboxylic acids is 3. The van der Waals surface area contributed by atoms with Crippen LogP contribution in [0.4, 0.5) is 4.79 Å². The number of amides is 3. The number of rotatable bonds is 5. The van der Waals surface area contributed by atoms with Gasteiger partial charge in [-0.2, -0.15) is 0 Å². The lowest BCUT2D eigenvalue weighted by Crippen LogP contribution is -2.37. The van der Waals surface area contributed by atoms with Gasteiger partial charge >= 0.3 is 6.03 Å². The quantitative estimate of drug-likeness (QED) is 0.612. The number of Topliss-reactive ketones (excluding diaryl/α,β-unsaturated/α-hetero) is 1. The van der Waals surface area contributed by atoms with Gasteiger partial charge in [-0.15, -0.1) is 0 Å². The molecule has 1 heterocycles. The van der Waals surface area contributed by atoms with Crippen molar-refractivity contribution in [1.29, 1.82) is 0 Å². The summed E-state index contributed by atoms with van der Waals surface area (Å²) in [4.78, 5) is 39.3. The first-order chi connectivity index (χ1) is 10.5. The Balaban J connectivity index is 1.78. The average Bonchev–Trinajstić information content (AvgIpc) is 3.29. The fraction of sp³-hybridized carbons (Fsp3) is 0.438. The Bertz CT molecular complexity index is 652. The molecule has 6 heteroatoms. The second-order valence-electron chi connectivity index (χ2n) is 5.75. The number of benzene rings is 1. The van der Waals surface area contributed by atoms with E-state index in [0.717, 1.165) is 23.3 Å². The molecule has 1 aliphatic heterocycles. The third-order valence-corrected chi connectivity index (χ3v) is 4.03. The van der Waals surface area contributed by atoms with Crippen LogP contribution in [0.25, 0.3) is 0 Å². The zero-order chi connectivity index (χ0) is 15.9. The van der Waals surface area contributed by atoms with Crippen molar-refractivity contribution in [2.24, 2.45) is 0 Å². The highest BCUT2D eigenvalue weighted by Crippen LogP contribution is 2.30. The van der Waals surface area contributed by atoms with E-state index in [-0.39, 0.29) is 36.9 Å². The van der Waals surface area contributed by atoms with E-state index in [1.165, 1.54) is 7.11 Å². The van der Waals surface area contributed by atoms with Crippen molar-refractivity contribution in [1.82, 2.24) is 9.80 Å². The van der Waals surface area contributed by atoms with Crippen LogP contribution in [0.1, 0.15) is 28.8 Å². The fourth-order valence-corrected chi connectivity index (χ4v) is 2.66. The highest BCUT2D eigenvalue weighted by atomic mass is 16.5. The number of nitrogens with zero attached hydrogens (tertiary/aromatic N) is 2. The van der Waals surface area contributed by atoms with Gasteiger partial charge in [-0.1, -0.05) is 11.6 Å². The minimum absolute atomic E-state index is 0.0851. The summed E-state index contributed by atoms with van der Waals surface area (Å²) >= 11 is 0. The summed E-state index contributed by atoms with van der Waals surface area (Å²) in [5.41, 5.74) is 1.32. The first-order valence-corrected chi connectivity index (χ1v) is 7.30. The standard InChI is InChI=1S/C16H18N2O4/c1-10-3-6-14(22-2)12(7-10)13(19)8-18-15(20)9-17(16(18)21)11-4-5-11/h3,6-7,11H,4-5,8-9H2,1-2H3. The van der Waals surface area contributed by atoms with Gasteiger partial charge in [0.05, 0.1) is 19.2 Å². The molecule has 22 heavy (non-hydrogen) atoms. The first-order valence-electron chi connectivity index (χ1n) is 7.30. The maximum absolute atomic E-state index is 12.5. The smallest absolute Gasteiger partial charge is 0.327 e. The Hall–Kier alpha value is -2.37. The molecular formula is C16H18N2O4. The zero-order valence-electron chi connectivity index (χ0n) is 12.7. The normalized spacial score (nSPS) is 18.1. The molecule has 1 aromatic rings. The van der Waals surface area contributed by atoms with E-state index in [2.05, 4.69) is 0 Å². The second kappa shape index (κ2) is 5.44. The van der Waals surface area contributed by atoms with Crippen LogP contribution < -0.4 is 4.74 Å². The highest BCUT2D eigenvalue weighted by molar-refractivity contribution is 6.08. The maximum Gasteiger partial charge on any atom is 0.327 e. The summed E-state index contributed by atoms with van der Waals surface area (Å²) in [6.45, 7) is 1.72. The predicted molar refractivity (Wildman–Crippen MR) is 78.9 cm³/mol. The fourth-order valence-electron chi connectivity index (χ4n) is 2.66. The van der Waals surface area contributed by atoms with Gasteiger partial charge in [0.1, 0.15) is 12.3 Å². The molecule has 3 rings (SSSR count). The first kappa shape index (κ1) is 14.6. The van der Waals surface area contributed by atoms with E-state index in [9.17, 15) is 14.4 Å². The summed E-state index contributed by atoms with van der Waals surface area (Å²) < 4.78 is 5.19. The average molecular weight is 302 g/mol. The lowest BCUT2D eigenvalue weighted by Gasteiger charge is -2.16. The van der Waals surface area contributed by atoms with E-state index in [0.29, 0.717) is 11.3 Å². The molecule has 3 amide bonds. The summed E-state index contributed by atoms with van der Waals surface area (Å²) in [6, 6.07) is 5.09. The molecule has 1 aromatic carbocycles. The number of aryl methyl sites for hydroxylation is 1. The van der Waals surface area contributed by atoms with Gasteiger partial charge in [-0.25, -0.2) is 4.79 Å². The Kier molecular flexibility index (Phi) is 3.60. The van der Waals surface area contributed by atoms with Crippen LogP contribution in [-0.4, -0.2) is 53.8 Å². The largest absolute Gasteiger partial charge is 0.496 e. The summed E-state index contributed by atoms with van der Waals surface area (Å²) in [5.74, 6) is -0.148. The van der Waals surface area contributed by atoms with Crippen molar-refractivity contribution in [2.45, 2.75) is 25.8 Å². The van der Waals surface area contributed by atoms with Crippen molar-refractivity contribution in [3.63, 3.8) is 0 Å². The van der Waals surface area contributed by atoms with Gasteiger partial charge in [-0.3, -0.25) is 14.5 Å². The minimum atomic E-state index is -0.354. The molecule has 1 saturated carbocycles. The SMILES string of the molecule is COc1ccc(C)cc1C(=O)CN1C(=O)CN(C2CC2)C1=O. The summed E-state index contributed by atoms with van der Waals surface area (Å²) in [5, 5.41) is 0. The van der Waals surface area contributed by atoms with Gasteiger partial charge in [-0.05, 0) is 31.9 Å². The molecule has 0 N–H and O–H groups in total. The number of ether oxygens (including phenoxy) is 1. The summed E-state index contributed by atoms with van der Waals surface area (Å²) in [6.07, 6.45) is 1.87. The van der Waals surface area contributed by atoms with Gasteiger partial charge < -0.3 is 9.64 Å². The Morgan fingerprint density at radius 1 is 1.32 bits per heavy atom. The lowest BCUT2D eigenvalue weighted by molar-refractivity contribution is -0.125. The van der Waals surface area contributed by atoms with E-state index in [1.54, 1.807) is 17.0 Å². The molecule has 1 saturated heterocycles. The molecule has 1 aliphatic carbocycles. The zero-order valence-corrected chi connectivity index (χ0v) is 12.7. The Labute approximate surface area is 128 Å². The minimum Gasteiger partial charge on any atom is -0.496 e. The monoisotopic (exact) mass is 302 g/mol. The van der Waals surface area contributed by atoms with Crippen molar-refractivity contribution in [2.75, 3.05) is 20.2 Å². The molecule has 6 nitrogen and oxygen atoms in total. The maximum atomic E-state index is 12.5. The van der Waals surface area contributed by atoms with Crippen molar-refractivity contribution >= 4 is 17.7 Å². The van der Waals surface area contributed by atoms with Crippen LogP contribution >= 0.6 is 0 Å². The molecule has 0 atom stereocenters. The molecule has 0 aromatic heterocycles. The number of ketones is 1. The van der Waals surface area contributed by atoms with Crippen LogP contribution in [0.2, 0.25) is 0 Å². The molecule has 0 spiro atoms. The highest BCUT2D eigenvalue weighted by Gasteiger charge is 2.44. The number of urea groups is 1. The van der Waals surface area contributed by atoms with E-state index in [4.69, 9.17) is 4.74 Å². The number of hydrogen-bond acceptors (Lipinski definition) is 4. The third-order valence-electron chi connectivity index (χ3n) is 4.03. The van der Waals surface area contributed by atoms with Crippen molar-refractivity contribution in [3.05, 3.63) is 29.3 Å². The second-order valence-corrected chi connectivity index (χ2v) is 5.75. The molecule has 0 radical (unpaired) electrons. The van der Waals surface area contributed by atoms with Crippen molar-refractivity contribution < 1.29 is 19.1 Å². The van der Waals surface area contributed by atoms with E-state index < -0.39 is 0 Å². The van der Waals surface area contributed by atoms with Gasteiger partial charge in [0, 0.05) is 6.04 Å². The molecular weight excluding hydrogens is 284 g/mol. The van der Waals surface area contributed by atoms with Crippen LogP contribution in [0.3, 0.4) is 0 Å². The van der Waals surface area contributed by atoms with E-state index in [1.807, 2.05) is 13.0 Å². The van der Waals surface area contributed by atoms with Crippen LogP contribution in [-0.2, 0) is 4.79 Å². The number of carbonyl (C=O) groups is 3. The van der Waals surface area contributed by atoms with Crippen LogP contribution in [0.15, 0.2) is 18.2 Å². The lowest BCUT2D eigenvalue weighted by atomic mass is 10.1. The van der Waals surface area contributed by atoms with Gasteiger partial charge in [0.2, 0.25) is 0 Å². The molecule has 2 fully saturated rings. The predicted octanol–water partition coefficient (Wildman–Crippen LogP) is 1.61. The molecule has 0 unspecified atom stereocenters. The Morgan fingerprint density at radius 3 is 2.68 bits per heavy atom. The van der Waals surface area contributed by atoms with E-state index >= 15 is 0 Å². The summed E-state index contributed by atoms with van der Waals surface area (Å²) in [7, 11) is 1.49. The van der Waals surface area contributed by atoms with Crippen LogP contribution in [0.5, 0.6) is 5.75 Å². The number of imide groups is 1. The third kappa shape index (κ3) is 2.56. The van der Waals surface area contributed by atoms with Gasteiger partial charge in [0.25, 0.3) is 5.91 Å². The molecule has 0 bridgehead atoms. The topological polar surface area (TPSA) is 66.9 Å². The number of hydrogen-bond donors (Lipinski definition) is 0.